The highest BCUT2D eigenvalue weighted by molar-refractivity contribution is 5.77. The summed E-state index contributed by atoms with van der Waals surface area (Å²) in [5.41, 5.74) is 6.44. The maximum atomic E-state index is 12.8. The second kappa shape index (κ2) is 5.03. The van der Waals surface area contributed by atoms with Gasteiger partial charge >= 0.3 is 6.18 Å². The molecule has 0 aliphatic rings. The van der Waals surface area contributed by atoms with E-state index in [2.05, 4.69) is 4.98 Å². The summed E-state index contributed by atoms with van der Waals surface area (Å²) in [5.74, 6) is 0.475. The van der Waals surface area contributed by atoms with Crippen molar-refractivity contribution in [2.24, 2.45) is 0 Å². The van der Waals surface area contributed by atoms with Crippen LogP contribution in [0.1, 0.15) is 5.56 Å². The third-order valence-corrected chi connectivity index (χ3v) is 2.84. The number of pyridine rings is 1. The third kappa shape index (κ3) is 2.84. The molecule has 0 aliphatic heterocycles. The molecule has 3 nitrogen and oxygen atoms in total. The highest BCUT2D eigenvalue weighted by Gasteiger charge is 2.32. The Morgan fingerprint density at radius 1 is 1.10 bits per heavy atom. The number of hydrogen-bond donors (Lipinski definition) is 1. The van der Waals surface area contributed by atoms with E-state index in [-0.39, 0.29) is 0 Å². The number of nitrogens with two attached hydrogens (primary N) is 1. The van der Waals surface area contributed by atoms with E-state index in [1.807, 2.05) is 0 Å². The Bertz CT molecular complexity index is 604. The average Bonchev–Trinajstić information content (AvgIpc) is 2.37. The Balaban J connectivity index is 2.61. The molecule has 0 spiro atoms. The van der Waals surface area contributed by atoms with Gasteiger partial charge in [-0.2, -0.15) is 13.2 Å². The van der Waals surface area contributed by atoms with Crippen LogP contribution >= 0.6 is 0 Å². The number of nitrogen functional groups attached to an aromatic ring is 1. The van der Waals surface area contributed by atoms with Crippen molar-refractivity contribution < 1.29 is 13.2 Å². The number of nitrogens with zero attached hydrogens (tertiary/aromatic N) is 2. The predicted octanol–water partition coefficient (Wildman–Crippen LogP) is 3.42. The molecule has 6 heteroatoms. The van der Waals surface area contributed by atoms with Crippen molar-refractivity contribution in [1.82, 2.24) is 4.98 Å². The maximum Gasteiger partial charge on any atom is 0.417 e. The van der Waals surface area contributed by atoms with Crippen LogP contribution in [0.15, 0.2) is 36.5 Å². The molecular formula is C14H14F3N3. The summed E-state index contributed by atoms with van der Waals surface area (Å²) in [5, 5.41) is 0. The highest BCUT2D eigenvalue weighted by atomic mass is 19.4. The Morgan fingerprint density at radius 2 is 1.70 bits per heavy atom. The first-order valence-corrected chi connectivity index (χ1v) is 5.89. The van der Waals surface area contributed by atoms with Crippen molar-refractivity contribution in [1.29, 1.82) is 0 Å². The second-order valence-electron chi connectivity index (χ2n) is 4.61. The molecule has 0 bridgehead atoms. The van der Waals surface area contributed by atoms with E-state index in [1.54, 1.807) is 43.3 Å². The van der Waals surface area contributed by atoms with Crippen LogP contribution in [0.5, 0.6) is 0 Å². The minimum absolute atomic E-state index is 0.421. The van der Waals surface area contributed by atoms with E-state index in [0.717, 1.165) is 12.3 Å². The number of halogens is 3. The monoisotopic (exact) mass is 281 g/mol. The molecule has 0 radical (unpaired) electrons. The van der Waals surface area contributed by atoms with Crippen LogP contribution in [0.25, 0.3) is 11.1 Å². The molecule has 20 heavy (non-hydrogen) atoms. The van der Waals surface area contributed by atoms with E-state index in [9.17, 15) is 13.2 Å². The molecular weight excluding hydrogens is 267 g/mol. The van der Waals surface area contributed by atoms with Gasteiger partial charge in [0.25, 0.3) is 0 Å². The Hall–Kier alpha value is -2.24. The number of alkyl halides is 3. The lowest BCUT2D eigenvalue weighted by Crippen LogP contribution is -2.14. The molecule has 2 N–H and O–H groups in total. The van der Waals surface area contributed by atoms with Gasteiger partial charge in [0.15, 0.2) is 0 Å². The smallest absolute Gasteiger partial charge is 0.399 e. The van der Waals surface area contributed by atoms with Crippen LogP contribution in [0, 0.1) is 0 Å². The molecule has 106 valence electrons. The van der Waals surface area contributed by atoms with Crippen LogP contribution in [-0.4, -0.2) is 19.1 Å². The SMILES string of the molecule is CN(C)c1ncc(C(F)(F)F)cc1-c1ccc(N)cc1. The van der Waals surface area contributed by atoms with Crippen LogP contribution in [0.2, 0.25) is 0 Å². The maximum absolute atomic E-state index is 12.8. The topological polar surface area (TPSA) is 42.2 Å². The van der Waals surface area contributed by atoms with Gasteiger partial charge in [0.05, 0.1) is 5.56 Å². The molecule has 0 fully saturated rings. The lowest BCUT2D eigenvalue weighted by atomic mass is 10.0. The molecule has 0 atom stereocenters. The minimum Gasteiger partial charge on any atom is -0.399 e. The molecule has 0 saturated carbocycles. The molecule has 0 unspecified atom stereocenters. The molecule has 1 aromatic heterocycles. The van der Waals surface area contributed by atoms with E-state index in [4.69, 9.17) is 5.73 Å². The zero-order chi connectivity index (χ0) is 14.9. The van der Waals surface area contributed by atoms with E-state index >= 15 is 0 Å². The van der Waals surface area contributed by atoms with E-state index in [0.29, 0.717) is 22.6 Å². The van der Waals surface area contributed by atoms with Gasteiger partial charge in [-0.3, -0.25) is 0 Å². The highest BCUT2D eigenvalue weighted by Crippen LogP contribution is 2.35. The summed E-state index contributed by atoms with van der Waals surface area (Å²) in [6, 6.07) is 7.76. The van der Waals surface area contributed by atoms with Gasteiger partial charge in [-0.25, -0.2) is 4.98 Å². The minimum atomic E-state index is -4.42. The molecule has 2 rings (SSSR count). The van der Waals surface area contributed by atoms with Crippen molar-refractivity contribution in [3.05, 3.63) is 42.1 Å². The molecule has 2 aromatic rings. The first-order chi connectivity index (χ1) is 9.29. The number of aromatic nitrogens is 1. The summed E-state index contributed by atoms with van der Waals surface area (Å²) >= 11 is 0. The standard InChI is InChI=1S/C14H14F3N3/c1-20(2)13-12(9-3-5-11(18)6-4-9)7-10(8-19-13)14(15,16)17/h3-8H,18H2,1-2H3. The lowest BCUT2D eigenvalue weighted by molar-refractivity contribution is -0.137. The first-order valence-electron chi connectivity index (χ1n) is 5.89. The van der Waals surface area contributed by atoms with Crippen molar-refractivity contribution in [2.75, 3.05) is 24.7 Å². The van der Waals surface area contributed by atoms with Gasteiger partial charge < -0.3 is 10.6 Å². The van der Waals surface area contributed by atoms with Crippen molar-refractivity contribution in [3.8, 4) is 11.1 Å². The summed E-state index contributed by atoms with van der Waals surface area (Å²) in [6.45, 7) is 0. The average molecular weight is 281 g/mol. The van der Waals surface area contributed by atoms with Crippen molar-refractivity contribution >= 4 is 11.5 Å². The first kappa shape index (κ1) is 14.2. The fraction of sp³-hybridized carbons (Fsp3) is 0.214. The van der Waals surface area contributed by atoms with Crippen molar-refractivity contribution in [2.45, 2.75) is 6.18 Å². The normalized spacial score (nSPS) is 11.4. The van der Waals surface area contributed by atoms with Gasteiger partial charge in [-0.15, -0.1) is 0 Å². The molecule has 1 aromatic carbocycles. The number of rotatable bonds is 2. The van der Waals surface area contributed by atoms with Gasteiger partial charge in [0.1, 0.15) is 5.82 Å². The summed E-state index contributed by atoms with van der Waals surface area (Å²) in [7, 11) is 3.47. The van der Waals surface area contributed by atoms with Crippen LogP contribution in [0.3, 0.4) is 0 Å². The van der Waals surface area contributed by atoms with Crippen molar-refractivity contribution in [3.63, 3.8) is 0 Å². The zero-order valence-electron chi connectivity index (χ0n) is 11.1. The number of benzene rings is 1. The van der Waals surface area contributed by atoms with Crippen LogP contribution in [-0.2, 0) is 6.18 Å². The van der Waals surface area contributed by atoms with Gasteiger partial charge in [-0.05, 0) is 23.8 Å². The molecule has 1 heterocycles. The van der Waals surface area contributed by atoms with Gasteiger partial charge in [0, 0.05) is 31.5 Å². The summed E-state index contributed by atoms with van der Waals surface area (Å²) < 4.78 is 38.4. The van der Waals surface area contributed by atoms with Crippen LogP contribution < -0.4 is 10.6 Å². The largest absolute Gasteiger partial charge is 0.417 e. The predicted molar refractivity (Wildman–Crippen MR) is 73.4 cm³/mol. The molecule has 0 saturated heterocycles. The lowest BCUT2D eigenvalue weighted by Gasteiger charge is -2.18. The zero-order valence-corrected chi connectivity index (χ0v) is 11.1. The molecule has 0 amide bonds. The third-order valence-electron chi connectivity index (χ3n) is 2.84. The van der Waals surface area contributed by atoms with E-state index < -0.39 is 11.7 Å². The fourth-order valence-corrected chi connectivity index (χ4v) is 1.84. The fourth-order valence-electron chi connectivity index (χ4n) is 1.84. The Morgan fingerprint density at radius 3 is 2.20 bits per heavy atom. The number of anilines is 2. The second-order valence-corrected chi connectivity index (χ2v) is 4.61. The van der Waals surface area contributed by atoms with E-state index in [1.165, 1.54) is 0 Å². The summed E-state index contributed by atoms with van der Waals surface area (Å²) in [4.78, 5) is 5.59. The number of hydrogen-bond acceptors (Lipinski definition) is 3. The van der Waals surface area contributed by atoms with Gasteiger partial charge in [-0.1, -0.05) is 12.1 Å². The Labute approximate surface area is 114 Å². The summed E-state index contributed by atoms with van der Waals surface area (Å²) in [6.07, 6.45) is -3.57. The van der Waals surface area contributed by atoms with Crippen LogP contribution in [0.4, 0.5) is 24.7 Å². The quantitative estimate of drug-likeness (QED) is 0.858. The molecule has 0 aliphatic carbocycles. The Kier molecular flexibility index (Phi) is 3.57. The van der Waals surface area contributed by atoms with Gasteiger partial charge in [0.2, 0.25) is 0 Å².